The predicted octanol–water partition coefficient (Wildman–Crippen LogP) is 0.959. The summed E-state index contributed by atoms with van der Waals surface area (Å²) in [6.45, 7) is 2.26. The fourth-order valence-corrected chi connectivity index (χ4v) is 2.42. The van der Waals surface area contributed by atoms with Gasteiger partial charge in [0.1, 0.15) is 0 Å². The van der Waals surface area contributed by atoms with Crippen LogP contribution < -0.4 is 5.73 Å². The Labute approximate surface area is 87.3 Å². The minimum absolute atomic E-state index is 0.102. The van der Waals surface area contributed by atoms with Gasteiger partial charge in [-0.2, -0.15) is 0 Å². The van der Waals surface area contributed by atoms with Crippen molar-refractivity contribution in [2.24, 2.45) is 5.73 Å². The molecule has 3 heteroatoms. The number of aliphatic hydroxyl groups excluding tert-OH is 1. The topological polar surface area (TPSA) is 49.5 Å². The van der Waals surface area contributed by atoms with Crippen LogP contribution in [-0.2, 0) is 0 Å². The van der Waals surface area contributed by atoms with Crippen LogP contribution in [0.15, 0.2) is 0 Å². The second kappa shape index (κ2) is 5.69. The van der Waals surface area contributed by atoms with E-state index in [0.717, 1.165) is 6.42 Å². The normalized spacial score (nSPS) is 22.9. The molecule has 0 spiro atoms. The minimum Gasteiger partial charge on any atom is -0.395 e. The number of nitrogens with zero attached hydrogens (tertiary/aromatic N) is 1. The van der Waals surface area contributed by atoms with Gasteiger partial charge in [0, 0.05) is 18.1 Å². The molecular formula is C11H24N2O. The Morgan fingerprint density at radius 2 is 2.00 bits per heavy atom. The molecule has 0 aromatic rings. The first kappa shape index (κ1) is 12.0. The molecule has 3 nitrogen and oxygen atoms in total. The molecule has 14 heavy (non-hydrogen) atoms. The van der Waals surface area contributed by atoms with Crippen molar-refractivity contribution in [3.8, 4) is 0 Å². The van der Waals surface area contributed by atoms with Crippen molar-refractivity contribution in [2.45, 2.75) is 57.2 Å². The van der Waals surface area contributed by atoms with Crippen molar-refractivity contribution in [1.82, 2.24) is 4.90 Å². The first-order valence-corrected chi connectivity index (χ1v) is 5.79. The highest BCUT2D eigenvalue weighted by molar-refractivity contribution is 4.85. The summed E-state index contributed by atoms with van der Waals surface area (Å²) in [4.78, 5) is 2.29. The van der Waals surface area contributed by atoms with Crippen molar-refractivity contribution in [3.05, 3.63) is 0 Å². The predicted molar refractivity (Wildman–Crippen MR) is 59.2 cm³/mol. The van der Waals surface area contributed by atoms with Crippen LogP contribution in [0.1, 0.15) is 39.0 Å². The fourth-order valence-electron chi connectivity index (χ4n) is 2.42. The fraction of sp³-hybridized carbons (Fsp3) is 1.00. The van der Waals surface area contributed by atoms with E-state index >= 15 is 0 Å². The lowest BCUT2D eigenvalue weighted by molar-refractivity contribution is 0.0914. The summed E-state index contributed by atoms with van der Waals surface area (Å²) in [5.74, 6) is 0. The molecule has 1 fully saturated rings. The highest BCUT2D eigenvalue weighted by atomic mass is 16.3. The second-order valence-corrected chi connectivity index (χ2v) is 4.43. The van der Waals surface area contributed by atoms with E-state index in [4.69, 9.17) is 5.73 Å². The SMILES string of the molecule is CCC(N)C(CO)N(C)C1CCCC1. The molecule has 84 valence electrons. The Hall–Kier alpha value is -0.120. The summed E-state index contributed by atoms with van der Waals surface area (Å²) < 4.78 is 0. The molecule has 2 atom stereocenters. The number of likely N-dealkylation sites (N-methyl/N-ethyl adjacent to an activating group) is 1. The minimum atomic E-state index is 0.102. The molecule has 0 radical (unpaired) electrons. The maximum absolute atomic E-state index is 9.34. The largest absolute Gasteiger partial charge is 0.395 e. The van der Waals surface area contributed by atoms with E-state index in [0.29, 0.717) is 6.04 Å². The Kier molecular flexibility index (Phi) is 4.85. The van der Waals surface area contributed by atoms with E-state index < -0.39 is 0 Å². The molecule has 0 amide bonds. The van der Waals surface area contributed by atoms with Crippen LogP contribution in [0.3, 0.4) is 0 Å². The average molecular weight is 200 g/mol. The van der Waals surface area contributed by atoms with Crippen LogP contribution in [-0.4, -0.2) is 41.8 Å². The molecule has 2 unspecified atom stereocenters. The van der Waals surface area contributed by atoms with Gasteiger partial charge in [0.05, 0.1) is 6.61 Å². The zero-order valence-electron chi connectivity index (χ0n) is 9.45. The van der Waals surface area contributed by atoms with Crippen LogP contribution in [0.4, 0.5) is 0 Å². The third-order valence-corrected chi connectivity index (χ3v) is 3.58. The first-order valence-electron chi connectivity index (χ1n) is 5.79. The van der Waals surface area contributed by atoms with Crippen molar-refractivity contribution in [1.29, 1.82) is 0 Å². The first-order chi connectivity index (χ1) is 6.70. The maximum atomic E-state index is 9.34. The monoisotopic (exact) mass is 200 g/mol. The van der Waals surface area contributed by atoms with Gasteiger partial charge >= 0.3 is 0 Å². The molecule has 3 N–H and O–H groups in total. The highest BCUT2D eigenvalue weighted by Gasteiger charge is 2.28. The summed E-state index contributed by atoms with van der Waals surface area (Å²) in [6, 6.07) is 0.887. The van der Waals surface area contributed by atoms with Gasteiger partial charge < -0.3 is 10.8 Å². The Balaban J connectivity index is 2.49. The molecule has 0 bridgehead atoms. The van der Waals surface area contributed by atoms with Crippen molar-refractivity contribution < 1.29 is 5.11 Å². The van der Waals surface area contributed by atoms with Crippen molar-refractivity contribution >= 4 is 0 Å². The summed E-state index contributed by atoms with van der Waals surface area (Å²) in [5, 5.41) is 9.34. The lowest BCUT2D eigenvalue weighted by Crippen LogP contribution is -2.51. The molecular weight excluding hydrogens is 176 g/mol. The molecule has 1 aliphatic carbocycles. The van der Waals surface area contributed by atoms with Gasteiger partial charge in [-0.3, -0.25) is 4.90 Å². The highest BCUT2D eigenvalue weighted by Crippen LogP contribution is 2.24. The summed E-state index contributed by atoms with van der Waals surface area (Å²) >= 11 is 0. The molecule has 1 aliphatic rings. The smallest absolute Gasteiger partial charge is 0.0601 e. The van der Waals surface area contributed by atoms with Gasteiger partial charge in [-0.05, 0) is 26.3 Å². The maximum Gasteiger partial charge on any atom is 0.0601 e. The van der Waals surface area contributed by atoms with Gasteiger partial charge in [-0.25, -0.2) is 0 Å². The molecule has 0 aromatic carbocycles. The molecule has 0 aromatic heterocycles. The Morgan fingerprint density at radius 3 is 2.43 bits per heavy atom. The van der Waals surface area contributed by atoms with E-state index in [1.54, 1.807) is 0 Å². The standard InChI is InChI=1S/C11H24N2O/c1-3-10(12)11(8-14)13(2)9-6-4-5-7-9/h9-11,14H,3-8,12H2,1-2H3. The third-order valence-electron chi connectivity index (χ3n) is 3.58. The van der Waals surface area contributed by atoms with E-state index in [1.165, 1.54) is 25.7 Å². The van der Waals surface area contributed by atoms with E-state index in [2.05, 4.69) is 18.9 Å². The molecule has 0 aliphatic heterocycles. The molecule has 0 saturated heterocycles. The molecule has 0 heterocycles. The Bertz CT molecular complexity index is 157. The van der Waals surface area contributed by atoms with E-state index in [-0.39, 0.29) is 18.7 Å². The lowest BCUT2D eigenvalue weighted by atomic mass is 10.0. The van der Waals surface area contributed by atoms with Crippen molar-refractivity contribution in [3.63, 3.8) is 0 Å². The average Bonchev–Trinajstić information content (AvgIpc) is 2.71. The van der Waals surface area contributed by atoms with Gasteiger partial charge in [-0.1, -0.05) is 19.8 Å². The summed E-state index contributed by atoms with van der Waals surface area (Å²) in [7, 11) is 2.10. The van der Waals surface area contributed by atoms with Gasteiger partial charge in [-0.15, -0.1) is 0 Å². The number of hydrogen-bond donors (Lipinski definition) is 2. The molecule has 1 saturated carbocycles. The van der Waals surface area contributed by atoms with Crippen LogP contribution in [0, 0.1) is 0 Å². The van der Waals surface area contributed by atoms with Gasteiger partial charge in [0.2, 0.25) is 0 Å². The summed E-state index contributed by atoms with van der Waals surface area (Å²) in [6.07, 6.45) is 6.12. The van der Waals surface area contributed by atoms with Crippen LogP contribution in [0.25, 0.3) is 0 Å². The number of nitrogens with two attached hydrogens (primary N) is 1. The Morgan fingerprint density at radius 1 is 1.43 bits per heavy atom. The van der Waals surface area contributed by atoms with E-state index in [1.807, 2.05) is 0 Å². The number of rotatable bonds is 5. The quantitative estimate of drug-likeness (QED) is 0.695. The van der Waals surface area contributed by atoms with Gasteiger partial charge in [0.25, 0.3) is 0 Å². The molecule has 1 rings (SSSR count). The van der Waals surface area contributed by atoms with Crippen LogP contribution >= 0.6 is 0 Å². The van der Waals surface area contributed by atoms with E-state index in [9.17, 15) is 5.11 Å². The van der Waals surface area contributed by atoms with Crippen molar-refractivity contribution in [2.75, 3.05) is 13.7 Å². The second-order valence-electron chi connectivity index (χ2n) is 4.43. The van der Waals surface area contributed by atoms with Crippen LogP contribution in [0.5, 0.6) is 0 Å². The third kappa shape index (κ3) is 2.69. The van der Waals surface area contributed by atoms with Crippen LogP contribution in [0.2, 0.25) is 0 Å². The summed E-state index contributed by atoms with van der Waals surface area (Å²) in [5.41, 5.74) is 5.99. The zero-order chi connectivity index (χ0) is 10.6. The lowest BCUT2D eigenvalue weighted by Gasteiger charge is -2.35. The van der Waals surface area contributed by atoms with Gasteiger partial charge in [0.15, 0.2) is 0 Å². The number of aliphatic hydroxyl groups is 1. The zero-order valence-corrected chi connectivity index (χ0v) is 9.45. The number of hydrogen-bond acceptors (Lipinski definition) is 3.